The summed E-state index contributed by atoms with van der Waals surface area (Å²) in [5, 5.41) is 7.44. The highest BCUT2D eigenvalue weighted by molar-refractivity contribution is 5.46. The first-order valence-electron chi connectivity index (χ1n) is 5.54. The minimum absolute atomic E-state index is 0.0487. The summed E-state index contributed by atoms with van der Waals surface area (Å²) in [6.45, 7) is 1.85. The van der Waals surface area contributed by atoms with Gasteiger partial charge in [0.15, 0.2) is 0 Å². The molecular weight excluding hydrogens is 261 g/mol. The maximum absolute atomic E-state index is 12.4. The van der Waals surface area contributed by atoms with E-state index >= 15 is 0 Å². The molecule has 0 spiro atoms. The summed E-state index contributed by atoms with van der Waals surface area (Å²) < 4.78 is 42.4. The van der Waals surface area contributed by atoms with Gasteiger partial charge in [0.2, 0.25) is 5.89 Å². The molecular formula is C11H11F3N4O. The Labute approximate surface area is 106 Å². The molecule has 2 rings (SSSR count). The summed E-state index contributed by atoms with van der Waals surface area (Å²) in [6, 6.07) is 1.69. The first-order chi connectivity index (χ1) is 8.91. The van der Waals surface area contributed by atoms with Crippen LogP contribution in [0.1, 0.15) is 30.8 Å². The van der Waals surface area contributed by atoms with Gasteiger partial charge in [-0.15, -0.1) is 10.2 Å². The fraction of sp³-hybridized carbons (Fsp3) is 0.364. The van der Waals surface area contributed by atoms with Crippen molar-refractivity contribution in [3.05, 3.63) is 29.8 Å². The van der Waals surface area contributed by atoms with E-state index in [1.54, 1.807) is 0 Å². The summed E-state index contributed by atoms with van der Waals surface area (Å²) >= 11 is 0. The molecule has 2 aromatic rings. The lowest BCUT2D eigenvalue weighted by Crippen LogP contribution is -2.08. The molecule has 8 heteroatoms. The zero-order valence-electron chi connectivity index (χ0n) is 9.98. The number of hydrogen-bond donors (Lipinski definition) is 1. The van der Waals surface area contributed by atoms with E-state index in [0.717, 1.165) is 12.3 Å². The zero-order valence-corrected chi connectivity index (χ0v) is 9.98. The Morgan fingerprint density at radius 2 is 2.05 bits per heavy atom. The lowest BCUT2D eigenvalue weighted by Gasteiger charge is -2.05. The van der Waals surface area contributed by atoms with Gasteiger partial charge in [-0.2, -0.15) is 13.2 Å². The van der Waals surface area contributed by atoms with Crippen LogP contribution in [0.2, 0.25) is 0 Å². The Kier molecular flexibility index (Phi) is 3.52. The highest BCUT2D eigenvalue weighted by atomic mass is 19.4. The van der Waals surface area contributed by atoms with Crippen molar-refractivity contribution < 1.29 is 17.6 Å². The fourth-order valence-electron chi connectivity index (χ4n) is 1.35. The summed E-state index contributed by atoms with van der Waals surface area (Å²) in [5.41, 5.74) is 5.05. The lowest BCUT2D eigenvalue weighted by atomic mass is 10.2. The number of hydrogen-bond acceptors (Lipinski definition) is 5. The maximum Gasteiger partial charge on any atom is 0.417 e. The van der Waals surface area contributed by atoms with Gasteiger partial charge in [-0.3, -0.25) is 4.98 Å². The minimum Gasteiger partial charge on any atom is -0.418 e. The number of nitrogens with zero attached hydrogens (tertiary/aromatic N) is 3. The Balaban J connectivity index is 2.25. The van der Waals surface area contributed by atoms with Crippen molar-refractivity contribution >= 4 is 0 Å². The Morgan fingerprint density at radius 1 is 1.32 bits per heavy atom. The highest BCUT2D eigenvalue weighted by Crippen LogP contribution is 2.29. The van der Waals surface area contributed by atoms with E-state index in [-0.39, 0.29) is 17.5 Å². The molecule has 102 valence electrons. The maximum atomic E-state index is 12.4. The van der Waals surface area contributed by atoms with Crippen LogP contribution in [-0.2, 0) is 6.18 Å². The molecule has 0 fully saturated rings. The quantitative estimate of drug-likeness (QED) is 0.929. The van der Waals surface area contributed by atoms with Crippen LogP contribution in [0.3, 0.4) is 0 Å². The molecule has 0 amide bonds. The summed E-state index contributed by atoms with van der Waals surface area (Å²) in [5.74, 6) is 0.284. The molecule has 2 heterocycles. The molecule has 0 aliphatic rings. The third-order valence-electron chi connectivity index (χ3n) is 2.51. The summed E-state index contributed by atoms with van der Waals surface area (Å²) in [4.78, 5) is 3.66. The first-order valence-corrected chi connectivity index (χ1v) is 5.54. The van der Waals surface area contributed by atoms with Gasteiger partial charge in [0.25, 0.3) is 5.89 Å². The van der Waals surface area contributed by atoms with Crippen LogP contribution >= 0.6 is 0 Å². The predicted octanol–water partition coefficient (Wildman–Crippen LogP) is 2.56. The van der Waals surface area contributed by atoms with Crippen molar-refractivity contribution in [1.82, 2.24) is 15.2 Å². The highest BCUT2D eigenvalue weighted by Gasteiger charge is 2.30. The van der Waals surface area contributed by atoms with Crippen molar-refractivity contribution in [2.45, 2.75) is 25.6 Å². The van der Waals surface area contributed by atoms with Crippen molar-refractivity contribution in [1.29, 1.82) is 0 Å². The second-order valence-corrected chi connectivity index (χ2v) is 3.89. The Morgan fingerprint density at radius 3 is 2.58 bits per heavy atom. The van der Waals surface area contributed by atoms with Crippen LogP contribution in [0.5, 0.6) is 0 Å². The molecule has 0 radical (unpaired) electrons. The lowest BCUT2D eigenvalue weighted by molar-refractivity contribution is -0.137. The topological polar surface area (TPSA) is 77.8 Å². The normalized spacial score (nSPS) is 13.5. The van der Waals surface area contributed by atoms with E-state index < -0.39 is 17.8 Å². The zero-order chi connectivity index (χ0) is 14.0. The molecule has 2 N–H and O–H groups in total. The van der Waals surface area contributed by atoms with Crippen LogP contribution in [0, 0.1) is 0 Å². The third-order valence-corrected chi connectivity index (χ3v) is 2.51. The van der Waals surface area contributed by atoms with Crippen molar-refractivity contribution in [2.75, 3.05) is 0 Å². The number of aromatic nitrogens is 3. The molecule has 0 aromatic carbocycles. The molecule has 0 saturated carbocycles. The van der Waals surface area contributed by atoms with Gasteiger partial charge in [0, 0.05) is 6.20 Å². The fourth-order valence-corrected chi connectivity index (χ4v) is 1.35. The predicted molar refractivity (Wildman–Crippen MR) is 59.8 cm³/mol. The van der Waals surface area contributed by atoms with Gasteiger partial charge in [-0.25, -0.2) is 0 Å². The van der Waals surface area contributed by atoms with E-state index in [1.807, 2.05) is 6.92 Å². The molecule has 0 aliphatic carbocycles. The standard InChI is InChI=1S/C11H11F3N4O/c1-2-7(15)9-17-18-10(19-9)8-4-3-6(5-16-8)11(12,13)14/h3-5,7H,2,15H2,1H3. The number of nitrogens with two attached hydrogens (primary N) is 1. The SMILES string of the molecule is CCC(N)c1nnc(-c2ccc(C(F)(F)F)cn2)o1. The van der Waals surface area contributed by atoms with Crippen LogP contribution in [0.4, 0.5) is 13.2 Å². The second kappa shape index (κ2) is 4.96. The molecule has 1 unspecified atom stereocenters. The van der Waals surface area contributed by atoms with Gasteiger partial charge in [0.05, 0.1) is 11.6 Å². The monoisotopic (exact) mass is 272 g/mol. The van der Waals surface area contributed by atoms with E-state index in [1.165, 1.54) is 6.07 Å². The summed E-state index contributed by atoms with van der Waals surface area (Å²) in [7, 11) is 0. The largest absolute Gasteiger partial charge is 0.418 e. The van der Waals surface area contributed by atoms with E-state index in [0.29, 0.717) is 6.42 Å². The minimum atomic E-state index is -4.42. The van der Waals surface area contributed by atoms with E-state index in [4.69, 9.17) is 10.2 Å². The first kappa shape index (κ1) is 13.5. The molecule has 19 heavy (non-hydrogen) atoms. The van der Waals surface area contributed by atoms with Crippen LogP contribution in [-0.4, -0.2) is 15.2 Å². The van der Waals surface area contributed by atoms with Gasteiger partial charge in [0.1, 0.15) is 5.69 Å². The van der Waals surface area contributed by atoms with Gasteiger partial charge in [-0.1, -0.05) is 6.92 Å². The molecule has 1 atom stereocenters. The van der Waals surface area contributed by atoms with E-state index in [2.05, 4.69) is 15.2 Å². The van der Waals surface area contributed by atoms with Crippen LogP contribution in [0.25, 0.3) is 11.6 Å². The molecule has 0 bridgehead atoms. The summed E-state index contributed by atoms with van der Waals surface area (Å²) in [6.07, 6.45) is -3.09. The molecule has 2 aromatic heterocycles. The van der Waals surface area contributed by atoms with Crippen molar-refractivity contribution in [3.63, 3.8) is 0 Å². The second-order valence-electron chi connectivity index (χ2n) is 3.89. The smallest absolute Gasteiger partial charge is 0.417 e. The third kappa shape index (κ3) is 2.90. The molecule has 0 saturated heterocycles. The average molecular weight is 272 g/mol. The number of halogens is 3. The van der Waals surface area contributed by atoms with Crippen LogP contribution in [0.15, 0.2) is 22.7 Å². The number of rotatable bonds is 3. The number of pyridine rings is 1. The Bertz CT molecular complexity index is 550. The van der Waals surface area contributed by atoms with Gasteiger partial charge < -0.3 is 10.2 Å². The van der Waals surface area contributed by atoms with Gasteiger partial charge >= 0.3 is 6.18 Å². The molecule has 5 nitrogen and oxygen atoms in total. The van der Waals surface area contributed by atoms with E-state index in [9.17, 15) is 13.2 Å². The number of alkyl halides is 3. The average Bonchev–Trinajstić information content (AvgIpc) is 2.86. The van der Waals surface area contributed by atoms with Crippen LogP contribution < -0.4 is 5.73 Å². The van der Waals surface area contributed by atoms with Crippen molar-refractivity contribution in [3.8, 4) is 11.6 Å². The molecule has 0 aliphatic heterocycles. The Hall–Kier alpha value is -1.96. The van der Waals surface area contributed by atoms with Crippen molar-refractivity contribution in [2.24, 2.45) is 5.73 Å². The van der Waals surface area contributed by atoms with Gasteiger partial charge in [-0.05, 0) is 18.6 Å².